The third-order valence-electron chi connectivity index (χ3n) is 5.18. The zero-order valence-electron chi connectivity index (χ0n) is 17.7. The van der Waals surface area contributed by atoms with E-state index in [1.165, 1.54) is 18.6 Å². The lowest BCUT2D eigenvalue weighted by molar-refractivity contribution is -0.148. The highest BCUT2D eigenvalue weighted by Gasteiger charge is 2.36. The number of ether oxygens (including phenoxy) is 2. The van der Waals surface area contributed by atoms with Gasteiger partial charge in [0.2, 0.25) is 5.24 Å². The zero-order valence-corrected chi connectivity index (χ0v) is 18.4. The molecule has 0 aliphatic carbocycles. The standard InChI is InChI=1S/C22H33ClO5/c1-15(2)8-10-19(28-17(4)24)16(3)7-6-12-22(5)20(25)11-9-18(14-27-22)13-21(23)26/h8,13,16,19H,6-7,9-12,14H2,1-5H3/b18-13+/t16?,19?,22-/m0/s1. The van der Waals surface area contributed by atoms with Gasteiger partial charge in [0.15, 0.2) is 5.78 Å². The normalized spacial score (nSPS) is 23.6. The van der Waals surface area contributed by atoms with Crippen molar-refractivity contribution in [3.63, 3.8) is 0 Å². The lowest BCUT2D eigenvalue weighted by atomic mass is 9.88. The van der Waals surface area contributed by atoms with Gasteiger partial charge in [0.25, 0.3) is 0 Å². The van der Waals surface area contributed by atoms with Gasteiger partial charge in [-0.3, -0.25) is 14.4 Å². The molecule has 0 aromatic rings. The largest absolute Gasteiger partial charge is 0.462 e. The summed E-state index contributed by atoms with van der Waals surface area (Å²) in [6.07, 6.45) is 6.98. The molecule has 5 nitrogen and oxygen atoms in total. The molecule has 1 aliphatic rings. The molecule has 1 aliphatic heterocycles. The van der Waals surface area contributed by atoms with E-state index in [0.717, 1.165) is 18.4 Å². The van der Waals surface area contributed by atoms with Gasteiger partial charge in [0, 0.05) is 19.8 Å². The second kappa shape index (κ2) is 11.5. The van der Waals surface area contributed by atoms with Crippen LogP contribution in [0.15, 0.2) is 23.3 Å². The summed E-state index contributed by atoms with van der Waals surface area (Å²) < 4.78 is 11.4. The van der Waals surface area contributed by atoms with Gasteiger partial charge >= 0.3 is 5.97 Å². The van der Waals surface area contributed by atoms with Crippen molar-refractivity contribution in [2.24, 2.45) is 5.92 Å². The SMILES string of the molecule is CC(=O)OC(CC=C(C)C)C(C)CCC[C@]1(C)OC/C(=C/C(=O)Cl)CCC1=O. The molecule has 0 spiro atoms. The molecule has 0 radical (unpaired) electrons. The Morgan fingerprint density at radius 1 is 1.29 bits per heavy atom. The first-order chi connectivity index (χ1) is 13.0. The van der Waals surface area contributed by atoms with Crippen molar-refractivity contribution in [3.8, 4) is 0 Å². The number of hydrogen-bond acceptors (Lipinski definition) is 5. The summed E-state index contributed by atoms with van der Waals surface area (Å²) in [4.78, 5) is 35.0. The molecule has 2 unspecified atom stereocenters. The van der Waals surface area contributed by atoms with Crippen LogP contribution in [0.3, 0.4) is 0 Å². The fraction of sp³-hybridized carbons (Fsp3) is 0.682. The molecule has 0 amide bonds. The molecule has 158 valence electrons. The second-order valence-electron chi connectivity index (χ2n) is 8.08. The minimum absolute atomic E-state index is 0.0478. The molecule has 3 atom stereocenters. The van der Waals surface area contributed by atoms with Crippen LogP contribution in [0.1, 0.15) is 73.1 Å². The topological polar surface area (TPSA) is 69.7 Å². The highest BCUT2D eigenvalue weighted by atomic mass is 35.5. The van der Waals surface area contributed by atoms with E-state index in [2.05, 4.69) is 13.0 Å². The number of rotatable bonds is 9. The van der Waals surface area contributed by atoms with Gasteiger partial charge < -0.3 is 9.47 Å². The highest BCUT2D eigenvalue weighted by molar-refractivity contribution is 6.66. The van der Waals surface area contributed by atoms with E-state index in [-0.39, 0.29) is 30.4 Å². The maximum Gasteiger partial charge on any atom is 0.302 e. The van der Waals surface area contributed by atoms with Gasteiger partial charge in [-0.05, 0) is 75.6 Å². The van der Waals surface area contributed by atoms with E-state index in [1.54, 1.807) is 0 Å². The smallest absolute Gasteiger partial charge is 0.302 e. The average molecular weight is 413 g/mol. The molecular formula is C22H33ClO5. The first kappa shape index (κ1) is 24.6. The molecule has 0 N–H and O–H groups in total. The Balaban J connectivity index is 2.65. The summed E-state index contributed by atoms with van der Waals surface area (Å²) in [5.74, 6) is -0.0543. The summed E-state index contributed by atoms with van der Waals surface area (Å²) in [7, 11) is 0. The van der Waals surface area contributed by atoms with Crippen LogP contribution in [0.4, 0.5) is 0 Å². The fourth-order valence-corrected chi connectivity index (χ4v) is 3.49. The summed E-state index contributed by atoms with van der Waals surface area (Å²) >= 11 is 5.41. The number of hydrogen-bond donors (Lipinski definition) is 0. The summed E-state index contributed by atoms with van der Waals surface area (Å²) in [6, 6.07) is 0. The van der Waals surface area contributed by atoms with Crippen LogP contribution < -0.4 is 0 Å². The van der Waals surface area contributed by atoms with Gasteiger partial charge in [-0.1, -0.05) is 18.6 Å². The van der Waals surface area contributed by atoms with Gasteiger partial charge in [0.05, 0.1) is 6.61 Å². The van der Waals surface area contributed by atoms with Crippen molar-refractivity contribution in [3.05, 3.63) is 23.3 Å². The Labute approximate surface area is 173 Å². The molecule has 1 heterocycles. The number of ketones is 1. The molecule has 6 heteroatoms. The lowest BCUT2D eigenvalue weighted by Crippen LogP contribution is -2.37. The van der Waals surface area contributed by atoms with Crippen molar-refractivity contribution in [1.82, 2.24) is 0 Å². The van der Waals surface area contributed by atoms with Crippen LogP contribution in [0.5, 0.6) is 0 Å². The maximum absolute atomic E-state index is 12.6. The summed E-state index contributed by atoms with van der Waals surface area (Å²) in [5.41, 5.74) is 1.08. The third kappa shape index (κ3) is 8.70. The first-order valence-electron chi connectivity index (χ1n) is 9.90. The van der Waals surface area contributed by atoms with Crippen LogP contribution in [-0.2, 0) is 23.9 Å². The number of Topliss-reactive ketones (excluding diaryl/α,β-unsaturated/α-hetero) is 1. The maximum atomic E-state index is 12.6. The lowest BCUT2D eigenvalue weighted by Gasteiger charge is -2.28. The molecule has 28 heavy (non-hydrogen) atoms. The Bertz CT molecular complexity index is 633. The van der Waals surface area contributed by atoms with Crippen LogP contribution in [0.2, 0.25) is 0 Å². The number of esters is 1. The predicted molar refractivity (Wildman–Crippen MR) is 110 cm³/mol. The van der Waals surface area contributed by atoms with E-state index in [4.69, 9.17) is 21.1 Å². The molecule has 0 saturated carbocycles. The average Bonchev–Trinajstić information content (AvgIpc) is 2.71. The van der Waals surface area contributed by atoms with Crippen LogP contribution in [0, 0.1) is 5.92 Å². The highest BCUT2D eigenvalue weighted by Crippen LogP contribution is 2.30. The third-order valence-corrected chi connectivity index (χ3v) is 5.29. The number of carbonyl (C=O) groups excluding carboxylic acids is 3. The summed E-state index contributed by atoms with van der Waals surface area (Å²) in [6.45, 7) is 9.60. The molecule has 0 aromatic heterocycles. The zero-order chi connectivity index (χ0) is 21.3. The van der Waals surface area contributed by atoms with E-state index < -0.39 is 10.8 Å². The summed E-state index contributed by atoms with van der Waals surface area (Å²) in [5, 5.41) is -0.545. The van der Waals surface area contributed by atoms with Crippen LogP contribution >= 0.6 is 11.6 Å². The van der Waals surface area contributed by atoms with Crippen molar-refractivity contribution in [2.75, 3.05) is 6.61 Å². The predicted octanol–water partition coefficient (Wildman–Crippen LogP) is 4.91. The van der Waals surface area contributed by atoms with Gasteiger partial charge in [0.1, 0.15) is 11.7 Å². The number of carbonyl (C=O) groups is 3. The monoisotopic (exact) mass is 412 g/mol. The molecule has 1 fully saturated rings. The van der Waals surface area contributed by atoms with E-state index >= 15 is 0 Å². The minimum Gasteiger partial charge on any atom is -0.462 e. The molecule has 1 rings (SSSR count). The van der Waals surface area contributed by atoms with Gasteiger partial charge in [-0.2, -0.15) is 0 Å². The van der Waals surface area contributed by atoms with Crippen molar-refractivity contribution >= 4 is 28.6 Å². The minimum atomic E-state index is -0.860. The van der Waals surface area contributed by atoms with Gasteiger partial charge in [-0.15, -0.1) is 0 Å². The first-order valence-corrected chi connectivity index (χ1v) is 10.3. The molecule has 0 aromatic carbocycles. The molecular weight excluding hydrogens is 380 g/mol. The van der Waals surface area contributed by atoms with Gasteiger partial charge in [-0.25, -0.2) is 0 Å². The molecule has 0 bridgehead atoms. The Hall–Kier alpha value is -1.46. The Morgan fingerprint density at radius 3 is 2.54 bits per heavy atom. The molecule has 1 saturated heterocycles. The van der Waals surface area contributed by atoms with Crippen LogP contribution in [-0.4, -0.2) is 35.3 Å². The fourth-order valence-electron chi connectivity index (χ4n) is 3.34. The van der Waals surface area contributed by atoms with E-state index in [0.29, 0.717) is 25.7 Å². The van der Waals surface area contributed by atoms with E-state index in [9.17, 15) is 14.4 Å². The Kier molecular flexibility index (Phi) is 10.1. The quantitative estimate of drug-likeness (QED) is 0.233. The van der Waals surface area contributed by atoms with Crippen molar-refractivity contribution in [1.29, 1.82) is 0 Å². The van der Waals surface area contributed by atoms with Crippen molar-refractivity contribution < 1.29 is 23.9 Å². The number of allylic oxidation sites excluding steroid dienone is 2. The van der Waals surface area contributed by atoms with E-state index in [1.807, 2.05) is 20.8 Å². The van der Waals surface area contributed by atoms with Crippen LogP contribution in [0.25, 0.3) is 0 Å². The second-order valence-corrected chi connectivity index (χ2v) is 8.46. The Morgan fingerprint density at radius 2 is 1.96 bits per heavy atom. The number of halogens is 1. The van der Waals surface area contributed by atoms with Crippen molar-refractivity contribution in [2.45, 2.75) is 84.8 Å².